The first kappa shape index (κ1) is 23.2. The average Bonchev–Trinajstić information content (AvgIpc) is 2.67. The lowest BCUT2D eigenvalue weighted by atomic mass is 9.72. The summed E-state index contributed by atoms with van der Waals surface area (Å²) in [6.07, 6.45) is 4.10. The van der Waals surface area contributed by atoms with Crippen molar-refractivity contribution in [2.75, 3.05) is 19.6 Å². The van der Waals surface area contributed by atoms with Gasteiger partial charge in [-0.1, -0.05) is 20.3 Å². The predicted octanol–water partition coefficient (Wildman–Crippen LogP) is 2.49. The third kappa shape index (κ3) is 4.75. The quantitative estimate of drug-likeness (QED) is 0.647. The van der Waals surface area contributed by atoms with E-state index in [4.69, 9.17) is 0 Å². The third-order valence-corrected chi connectivity index (χ3v) is 6.85. The summed E-state index contributed by atoms with van der Waals surface area (Å²) in [7, 11) is 0. The summed E-state index contributed by atoms with van der Waals surface area (Å²) in [5, 5.41) is 2.44. The lowest BCUT2D eigenvalue weighted by molar-refractivity contribution is -0.144. The molecule has 7 amide bonds. The normalized spacial score (nSPS) is 29.5. The molecule has 3 fully saturated rings. The lowest BCUT2D eigenvalue weighted by Gasteiger charge is -2.46. The maximum atomic E-state index is 12.9. The molecule has 0 aromatic rings. The molecule has 9 heteroatoms. The van der Waals surface area contributed by atoms with Gasteiger partial charge in [-0.15, -0.1) is 0 Å². The van der Waals surface area contributed by atoms with Crippen LogP contribution in [0.2, 0.25) is 0 Å². The maximum Gasteiger partial charge on any atom is 0.333 e. The van der Waals surface area contributed by atoms with E-state index in [0.717, 1.165) is 25.7 Å². The van der Waals surface area contributed by atoms with Crippen molar-refractivity contribution in [3.8, 4) is 0 Å². The number of carbonyl (C=O) groups is 5. The van der Waals surface area contributed by atoms with Gasteiger partial charge in [-0.3, -0.25) is 29.5 Å². The van der Waals surface area contributed by atoms with Crippen molar-refractivity contribution in [2.45, 2.75) is 78.7 Å². The molecule has 0 unspecified atom stereocenters. The largest absolute Gasteiger partial charge is 0.333 e. The number of hydrogen-bond donors (Lipinski definition) is 1. The van der Waals surface area contributed by atoms with Crippen LogP contribution in [0.5, 0.6) is 0 Å². The van der Waals surface area contributed by atoms with Crippen LogP contribution < -0.4 is 5.32 Å². The van der Waals surface area contributed by atoms with Gasteiger partial charge in [-0.25, -0.2) is 9.59 Å². The number of hydrogen-bond acceptors (Lipinski definition) is 5. The molecule has 1 N–H and O–H groups in total. The van der Waals surface area contributed by atoms with Gasteiger partial charge in [0.15, 0.2) is 0 Å². The predicted molar refractivity (Wildman–Crippen MR) is 113 cm³/mol. The summed E-state index contributed by atoms with van der Waals surface area (Å²) < 4.78 is 0. The van der Waals surface area contributed by atoms with Crippen LogP contribution in [0.4, 0.5) is 9.59 Å². The summed E-state index contributed by atoms with van der Waals surface area (Å²) in [5.74, 6) is -1.08. The SMILES string of the molecule is CCCCN1C(=O)CC(=O)N(C2CCC(C)(CN3CC(C)(C)C(=O)NC3=O)CC2)C1=O. The molecule has 1 aliphatic carbocycles. The number of nitrogens with one attached hydrogen (secondary N) is 1. The molecule has 2 heterocycles. The molecule has 172 valence electrons. The maximum absolute atomic E-state index is 12.9. The monoisotopic (exact) mass is 434 g/mol. The molecular formula is C22H34N4O5. The molecule has 0 aromatic heterocycles. The van der Waals surface area contributed by atoms with Crippen LogP contribution in [-0.2, 0) is 14.4 Å². The zero-order chi connectivity index (χ0) is 23.0. The summed E-state index contributed by atoms with van der Waals surface area (Å²) in [6, 6.07) is -1.07. The minimum absolute atomic E-state index is 0.163. The molecule has 0 bridgehead atoms. The molecule has 3 aliphatic rings. The molecule has 31 heavy (non-hydrogen) atoms. The van der Waals surface area contributed by atoms with E-state index in [0.29, 0.717) is 32.5 Å². The summed E-state index contributed by atoms with van der Waals surface area (Å²) in [5.41, 5.74) is -0.799. The molecule has 0 spiro atoms. The minimum Gasteiger partial charge on any atom is -0.323 e. The van der Waals surface area contributed by atoms with Crippen LogP contribution in [0.25, 0.3) is 0 Å². The second kappa shape index (κ2) is 8.59. The minimum atomic E-state index is -0.636. The third-order valence-electron chi connectivity index (χ3n) is 6.85. The number of rotatable bonds is 6. The molecule has 0 radical (unpaired) electrons. The van der Waals surface area contributed by atoms with Crippen LogP contribution in [0.15, 0.2) is 0 Å². The van der Waals surface area contributed by atoms with Gasteiger partial charge in [0.2, 0.25) is 17.7 Å². The number of urea groups is 2. The standard InChI is InChI=1S/C22H34N4O5/c1-5-6-11-25-16(27)12-17(28)26(20(25)31)15-7-9-22(4,10-8-15)14-24-13-21(2,3)18(29)23-19(24)30/h15H,5-14H2,1-4H3,(H,23,29,30). The summed E-state index contributed by atoms with van der Waals surface area (Å²) in [6.45, 7) is 8.97. The van der Waals surface area contributed by atoms with E-state index in [9.17, 15) is 24.0 Å². The van der Waals surface area contributed by atoms with Crippen LogP contribution in [-0.4, -0.2) is 70.2 Å². The van der Waals surface area contributed by atoms with Crippen molar-refractivity contribution in [3.05, 3.63) is 0 Å². The highest BCUT2D eigenvalue weighted by atomic mass is 16.2. The van der Waals surface area contributed by atoms with Crippen molar-refractivity contribution in [1.29, 1.82) is 0 Å². The van der Waals surface area contributed by atoms with E-state index >= 15 is 0 Å². The molecule has 1 saturated carbocycles. The Labute approximate surface area is 183 Å². The van der Waals surface area contributed by atoms with Crippen molar-refractivity contribution < 1.29 is 24.0 Å². The smallest absolute Gasteiger partial charge is 0.323 e. The van der Waals surface area contributed by atoms with Gasteiger partial charge in [-0.2, -0.15) is 0 Å². The van der Waals surface area contributed by atoms with E-state index in [-0.39, 0.29) is 29.8 Å². The number of unbranched alkanes of at least 4 members (excludes halogenated alkanes) is 1. The van der Waals surface area contributed by atoms with Gasteiger partial charge in [0.05, 0.1) is 5.41 Å². The zero-order valence-electron chi connectivity index (χ0n) is 19.0. The van der Waals surface area contributed by atoms with Gasteiger partial charge in [0.1, 0.15) is 6.42 Å². The summed E-state index contributed by atoms with van der Waals surface area (Å²) >= 11 is 0. The Morgan fingerprint density at radius 2 is 1.65 bits per heavy atom. The van der Waals surface area contributed by atoms with Gasteiger partial charge in [0, 0.05) is 25.7 Å². The van der Waals surface area contributed by atoms with E-state index in [1.54, 1.807) is 4.90 Å². The van der Waals surface area contributed by atoms with E-state index in [2.05, 4.69) is 12.2 Å². The number of amides is 7. The highest BCUT2D eigenvalue weighted by Gasteiger charge is 2.46. The first-order chi connectivity index (χ1) is 14.5. The van der Waals surface area contributed by atoms with E-state index < -0.39 is 23.3 Å². The van der Waals surface area contributed by atoms with E-state index in [1.165, 1.54) is 9.80 Å². The highest BCUT2D eigenvalue weighted by molar-refractivity contribution is 6.14. The fourth-order valence-electron chi connectivity index (χ4n) is 4.82. The Morgan fingerprint density at radius 1 is 1.00 bits per heavy atom. The molecule has 0 aromatic carbocycles. The summed E-state index contributed by atoms with van der Waals surface area (Å²) in [4.78, 5) is 66.1. The average molecular weight is 435 g/mol. The Bertz CT molecular complexity index is 785. The van der Waals surface area contributed by atoms with Crippen molar-refractivity contribution in [2.24, 2.45) is 10.8 Å². The number of imide groups is 3. The van der Waals surface area contributed by atoms with Crippen molar-refractivity contribution >= 4 is 29.8 Å². The van der Waals surface area contributed by atoms with Crippen molar-refractivity contribution in [3.63, 3.8) is 0 Å². The van der Waals surface area contributed by atoms with Crippen LogP contribution in [0.3, 0.4) is 0 Å². The fourth-order valence-corrected chi connectivity index (χ4v) is 4.82. The van der Waals surface area contributed by atoms with Crippen LogP contribution >= 0.6 is 0 Å². The molecular weight excluding hydrogens is 400 g/mol. The second-order valence-electron chi connectivity index (χ2n) is 10.2. The molecule has 2 aliphatic heterocycles. The molecule has 3 rings (SSSR count). The van der Waals surface area contributed by atoms with Crippen LogP contribution in [0, 0.1) is 10.8 Å². The van der Waals surface area contributed by atoms with Gasteiger partial charge >= 0.3 is 12.1 Å². The molecule has 9 nitrogen and oxygen atoms in total. The Kier molecular flexibility index (Phi) is 6.43. The zero-order valence-corrected chi connectivity index (χ0v) is 19.0. The topological polar surface area (TPSA) is 107 Å². The van der Waals surface area contributed by atoms with Gasteiger partial charge in [-0.05, 0) is 51.4 Å². The Balaban J connectivity index is 1.63. The number of carbonyl (C=O) groups excluding carboxylic acids is 5. The Morgan fingerprint density at radius 3 is 2.26 bits per heavy atom. The number of nitrogens with zero attached hydrogens (tertiary/aromatic N) is 3. The first-order valence-electron chi connectivity index (χ1n) is 11.2. The molecule has 0 atom stereocenters. The van der Waals surface area contributed by atoms with Crippen molar-refractivity contribution in [1.82, 2.24) is 20.0 Å². The first-order valence-corrected chi connectivity index (χ1v) is 11.2. The number of barbiturate groups is 1. The van der Waals surface area contributed by atoms with Gasteiger partial charge < -0.3 is 4.90 Å². The lowest BCUT2D eigenvalue weighted by Crippen LogP contribution is -2.61. The molecule has 2 saturated heterocycles. The van der Waals surface area contributed by atoms with Gasteiger partial charge in [0.25, 0.3) is 0 Å². The highest BCUT2D eigenvalue weighted by Crippen LogP contribution is 2.40. The Hall–Kier alpha value is -2.45. The van der Waals surface area contributed by atoms with E-state index in [1.807, 2.05) is 20.8 Å². The van der Waals surface area contributed by atoms with Crippen LogP contribution in [0.1, 0.15) is 72.6 Å². The second-order valence-corrected chi connectivity index (χ2v) is 10.2. The fraction of sp³-hybridized carbons (Fsp3) is 0.773.